The molecule has 0 unspecified atom stereocenters. The fourth-order valence-corrected chi connectivity index (χ4v) is 2.03. The highest BCUT2D eigenvalue weighted by Gasteiger charge is 2.19. The number of carboxylic acids is 1. The van der Waals surface area contributed by atoms with Crippen molar-refractivity contribution in [1.82, 2.24) is 5.32 Å². The number of carbonyl (C=O) groups is 2. The Morgan fingerprint density at radius 2 is 1.70 bits per heavy atom. The number of rotatable bonds is 6. The van der Waals surface area contributed by atoms with Crippen LogP contribution in [0.5, 0.6) is 5.75 Å². The maximum atomic E-state index is 11.9. The SMILES string of the molecule is O=C(C=Cc1ccc(O)cc1)N[C@@H](Cc1ccccc1)C(=O)O. The van der Waals surface area contributed by atoms with Gasteiger partial charge in [0.15, 0.2) is 0 Å². The lowest BCUT2D eigenvalue weighted by Crippen LogP contribution is -2.41. The van der Waals surface area contributed by atoms with Gasteiger partial charge in [0.2, 0.25) is 5.91 Å². The lowest BCUT2D eigenvalue weighted by Gasteiger charge is -2.13. The Morgan fingerprint density at radius 1 is 1.04 bits per heavy atom. The van der Waals surface area contributed by atoms with Gasteiger partial charge in [0.1, 0.15) is 11.8 Å². The molecule has 0 heterocycles. The summed E-state index contributed by atoms with van der Waals surface area (Å²) in [6.45, 7) is 0. The third-order valence-corrected chi connectivity index (χ3v) is 3.22. The van der Waals surface area contributed by atoms with E-state index < -0.39 is 17.9 Å². The number of carboxylic acid groups (broad SMARTS) is 1. The van der Waals surface area contributed by atoms with E-state index in [4.69, 9.17) is 0 Å². The van der Waals surface area contributed by atoms with Crippen molar-refractivity contribution in [3.05, 3.63) is 71.8 Å². The predicted molar refractivity (Wildman–Crippen MR) is 86.9 cm³/mol. The number of nitrogens with one attached hydrogen (secondary N) is 1. The number of hydrogen-bond donors (Lipinski definition) is 3. The molecule has 0 aliphatic rings. The van der Waals surface area contributed by atoms with E-state index in [1.54, 1.807) is 18.2 Å². The molecule has 5 nitrogen and oxygen atoms in total. The molecule has 0 spiro atoms. The zero-order valence-electron chi connectivity index (χ0n) is 12.3. The second kappa shape index (κ2) is 7.79. The number of amides is 1. The molecular formula is C18H17NO4. The van der Waals surface area contributed by atoms with Crippen molar-refractivity contribution >= 4 is 18.0 Å². The highest BCUT2D eigenvalue weighted by molar-refractivity contribution is 5.94. The monoisotopic (exact) mass is 311 g/mol. The molecule has 5 heteroatoms. The molecule has 1 atom stereocenters. The summed E-state index contributed by atoms with van der Waals surface area (Å²) in [4.78, 5) is 23.2. The number of carbonyl (C=O) groups excluding carboxylic acids is 1. The molecule has 2 rings (SSSR count). The Kier molecular flexibility index (Phi) is 5.52. The van der Waals surface area contributed by atoms with E-state index in [1.807, 2.05) is 30.3 Å². The standard InChI is InChI=1S/C18H17NO4/c20-15-9-6-13(7-10-15)8-11-17(21)19-16(18(22)23)12-14-4-2-1-3-5-14/h1-11,16,20H,12H2,(H,19,21)(H,22,23)/t16-/m0/s1. The molecule has 0 aliphatic carbocycles. The number of benzene rings is 2. The van der Waals surface area contributed by atoms with Crippen LogP contribution in [0.25, 0.3) is 6.08 Å². The summed E-state index contributed by atoms with van der Waals surface area (Å²) in [5.41, 5.74) is 1.57. The van der Waals surface area contributed by atoms with Crippen LogP contribution in [-0.4, -0.2) is 28.1 Å². The van der Waals surface area contributed by atoms with Crippen molar-refractivity contribution in [3.63, 3.8) is 0 Å². The van der Waals surface area contributed by atoms with Gasteiger partial charge in [0.05, 0.1) is 0 Å². The van der Waals surface area contributed by atoms with Crippen LogP contribution in [0, 0.1) is 0 Å². The van der Waals surface area contributed by atoms with Gasteiger partial charge in [-0.2, -0.15) is 0 Å². The minimum Gasteiger partial charge on any atom is -0.508 e. The average Bonchev–Trinajstić information content (AvgIpc) is 2.54. The van der Waals surface area contributed by atoms with Crippen molar-refractivity contribution in [3.8, 4) is 5.75 Å². The Morgan fingerprint density at radius 3 is 2.30 bits per heavy atom. The first kappa shape index (κ1) is 16.3. The first-order valence-corrected chi connectivity index (χ1v) is 7.09. The third-order valence-electron chi connectivity index (χ3n) is 3.22. The molecule has 2 aromatic carbocycles. The van der Waals surface area contributed by atoms with E-state index in [1.165, 1.54) is 18.2 Å². The molecule has 2 aromatic rings. The minimum absolute atomic E-state index is 0.139. The largest absolute Gasteiger partial charge is 0.508 e. The third kappa shape index (κ3) is 5.32. The summed E-state index contributed by atoms with van der Waals surface area (Å²) in [7, 11) is 0. The number of hydrogen-bond acceptors (Lipinski definition) is 3. The first-order valence-electron chi connectivity index (χ1n) is 7.09. The van der Waals surface area contributed by atoms with Crippen LogP contribution >= 0.6 is 0 Å². The fraction of sp³-hybridized carbons (Fsp3) is 0.111. The molecule has 0 aliphatic heterocycles. The molecule has 0 saturated carbocycles. The highest BCUT2D eigenvalue weighted by atomic mass is 16.4. The van der Waals surface area contributed by atoms with E-state index in [0.717, 1.165) is 11.1 Å². The van der Waals surface area contributed by atoms with Crippen LogP contribution in [0.4, 0.5) is 0 Å². The zero-order valence-corrected chi connectivity index (χ0v) is 12.3. The Bertz CT molecular complexity index is 693. The molecule has 0 saturated heterocycles. The zero-order chi connectivity index (χ0) is 16.7. The Balaban J connectivity index is 1.98. The van der Waals surface area contributed by atoms with Gasteiger partial charge >= 0.3 is 5.97 Å². The molecular weight excluding hydrogens is 294 g/mol. The van der Waals surface area contributed by atoms with Gasteiger partial charge in [-0.3, -0.25) is 4.79 Å². The summed E-state index contributed by atoms with van der Waals surface area (Å²) in [6.07, 6.45) is 3.04. The van der Waals surface area contributed by atoms with E-state index in [0.29, 0.717) is 0 Å². The van der Waals surface area contributed by atoms with Gasteiger partial charge < -0.3 is 15.5 Å². The van der Waals surface area contributed by atoms with Gasteiger partial charge in [-0.05, 0) is 29.3 Å². The van der Waals surface area contributed by atoms with Crippen LogP contribution in [0.15, 0.2) is 60.7 Å². The average molecular weight is 311 g/mol. The molecule has 118 valence electrons. The molecule has 0 bridgehead atoms. The first-order chi connectivity index (χ1) is 11.0. The number of aliphatic carboxylic acids is 1. The van der Waals surface area contributed by atoms with Crippen LogP contribution in [-0.2, 0) is 16.0 Å². The number of phenolic OH excluding ortho intramolecular Hbond substituents is 1. The van der Waals surface area contributed by atoms with Crippen molar-refractivity contribution in [2.75, 3.05) is 0 Å². The fourth-order valence-electron chi connectivity index (χ4n) is 2.03. The molecule has 0 aromatic heterocycles. The van der Waals surface area contributed by atoms with Gasteiger partial charge in [0, 0.05) is 12.5 Å². The van der Waals surface area contributed by atoms with Crippen LogP contribution in [0.3, 0.4) is 0 Å². The van der Waals surface area contributed by atoms with Crippen molar-refractivity contribution < 1.29 is 19.8 Å². The van der Waals surface area contributed by atoms with Gasteiger partial charge in [-0.15, -0.1) is 0 Å². The smallest absolute Gasteiger partial charge is 0.326 e. The second-order valence-corrected chi connectivity index (χ2v) is 5.01. The summed E-state index contributed by atoms with van der Waals surface area (Å²) >= 11 is 0. The van der Waals surface area contributed by atoms with E-state index in [-0.39, 0.29) is 12.2 Å². The van der Waals surface area contributed by atoms with Crippen LogP contribution < -0.4 is 5.32 Å². The predicted octanol–water partition coefficient (Wildman–Crippen LogP) is 2.22. The lowest BCUT2D eigenvalue weighted by atomic mass is 10.1. The van der Waals surface area contributed by atoms with Crippen LogP contribution in [0.2, 0.25) is 0 Å². The maximum absolute atomic E-state index is 11.9. The minimum atomic E-state index is -1.08. The highest BCUT2D eigenvalue weighted by Crippen LogP contribution is 2.10. The van der Waals surface area contributed by atoms with E-state index >= 15 is 0 Å². The molecule has 3 N–H and O–H groups in total. The lowest BCUT2D eigenvalue weighted by molar-refractivity contribution is -0.141. The molecule has 0 radical (unpaired) electrons. The summed E-state index contributed by atoms with van der Waals surface area (Å²) in [5, 5.41) is 20.9. The quantitative estimate of drug-likeness (QED) is 0.714. The van der Waals surface area contributed by atoms with Gasteiger partial charge in [-0.1, -0.05) is 42.5 Å². The molecule has 1 amide bonds. The van der Waals surface area contributed by atoms with Crippen molar-refractivity contribution in [2.24, 2.45) is 0 Å². The topological polar surface area (TPSA) is 86.6 Å². The molecule has 23 heavy (non-hydrogen) atoms. The normalized spacial score (nSPS) is 12.0. The summed E-state index contributed by atoms with van der Waals surface area (Å²) in [5.74, 6) is -1.43. The Labute approximate surface area is 133 Å². The molecule has 0 fully saturated rings. The van der Waals surface area contributed by atoms with E-state index in [9.17, 15) is 19.8 Å². The van der Waals surface area contributed by atoms with Crippen molar-refractivity contribution in [2.45, 2.75) is 12.5 Å². The van der Waals surface area contributed by atoms with Crippen molar-refractivity contribution in [1.29, 1.82) is 0 Å². The number of aromatic hydroxyl groups is 1. The van der Waals surface area contributed by atoms with Gasteiger partial charge in [-0.25, -0.2) is 4.79 Å². The number of phenols is 1. The van der Waals surface area contributed by atoms with E-state index in [2.05, 4.69) is 5.32 Å². The summed E-state index contributed by atoms with van der Waals surface area (Å²) < 4.78 is 0. The second-order valence-electron chi connectivity index (χ2n) is 5.01. The Hall–Kier alpha value is -3.08. The summed E-state index contributed by atoms with van der Waals surface area (Å²) in [6, 6.07) is 14.4. The van der Waals surface area contributed by atoms with Gasteiger partial charge in [0.25, 0.3) is 0 Å². The maximum Gasteiger partial charge on any atom is 0.326 e. The van der Waals surface area contributed by atoms with Crippen LogP contribution in [0.1, 0.15) is 11.1 Å².